The largest absolute Gasteiger partial charge is 0.453 e. The van der Waals surface area contributed by atoms with Gasteiger partial charge in [-0.1, -0.05) is 52.0 Å². The van der Waals surface area contributed by atoms with Gasteiger partial charge in [0.15, 0.2) is 0 Å². The second kappa shape index (κ2) is 15.1. The standard InChI is InChI=1S/C43H49N9O5/c1-22(2)34(45-24(5)53)41(54)51-17-7-9-32(51)39-46-30-15-12-26-19-25(11-14-29(26)37(30)48-39)28-20-27-13-16-31-38(36(27)44-21-28)49-40(47-31)33-10-8-18-52(33)42(55)35(23(3)4)50-43(56)57-6/h11-16,19-23,32-35H,7-10,17-18H2,1-6H3,(H,45,53)(H,46,48)(H,47,49)(H,50,56)/t32-,33-,34-,35-/m0/s1. The van der Waals surface area contributed by atoms with Gasteiger partial charge in [-0.2, -0.15) is 0 Å². The lowest BCUT2D eigenvalue weighted by atomic mass is 10.0. The minimum atomic E-state index is -0.706. The molecule has 0 unspecified atom stereocenters. The molecule has 4 amide bonds. The van der Waals surface area contributed by atoms with E-state index in [1.54, 1.807) is 0 Å². The number of alkyl carbamates (subject to hydrolysis) is 1. The Labute approximate surface area is 330 Å². The summed E-state index contributed by atoms with van der Waals surface area (Å²) < 4.78 is 4.78. The number of hydrogen-bond acceptors (Lipinski definition) is 8. The lowest BCUT2D eigenvalue weighted by molar-refractivity contribution is -0.138. The Morgan fingerprint density at radius 2 is 1.30 bits per heavy atom. The number of carbonyl (C=O) groups excluding carboxylic acids is 4. The third kappa shape index (κ3) is 7.02. The van der Waals surface area contributed by atoms with E-state index in [1.165, 1.54) is 14.0 Å². The summed E-state index contributed by atoms with van der Waals surface area (Å²) >= 11 is 0. The number of carbonyl (C=O) groups is 4. The third-order valence-electron chi connectivity index (χ3n) is 11.5. The number of nitrogens with zero attached hydrogens (tertiary/aromatic N) is 5. The molecule has 14 heteroatoms. The first-order chi connectivity index (χ1) is 27.4. The van der Waals surface area contributed by atoms with Crippen LogP contribution in [-0.2, 0) is 19.1 Å². The molecule has 296 valence electrons. The molecule has 0 aliphatic carbocycles. The second-order valence-corrected chi connectivity index (χ2v) is 16.1. The van der Waals surface area contributed by atoms with Crippen LogP contribution in [0.2, 0.25) is 0 Å². The fourth-order valence-corrected chi connectivity index (χ4v) is 8.59. The molecule has 3 aromatic heterocycles. The van der Waals surface area contributed by atoms with Crippen molar-refractivity contribution in [2.75, 3.05) is 20.2 Å². The van der Waals surface area contributed by atoms with Crippen LogP contribution < -0.4 is 10.6 Å². The van der Waals surface area contributed by atoms with Crippen molar-refractivity contribution in [2.24, 2.45) is 11.8 Å². The van der Waals surface area contributed by atoms with E-state index in [0.29, 0.717) is 18.9 Å². The summed E-state index contributed by atoms with van der Waals surface area (Å²) in [5.41, 5.74) is 6.13. The molecule has 0 spiro atoms. The van der Waals surface area contributed by atoms with E-state index in [1.807, 2.05) is 61.9 Å². The molecular weight excluding hydrogens is 723 g/mol. The summed E-state index contributed by atoms with van der Waals surface area (Å²) in [4.78, 5) is 76.8. The van der Waals surface area contributed by atoms with Crippen molar-refractivity contribution in [1.29, 1.82) is 0 Å². The van der Waals surface area contributed by atoms with Crippen LogP contribution in [0.4, 0.5) is 4.79 Å². The molecule has 14 nitrogen and oxygen atoms in total. The molecule has 4 atom stereocenters. The van der Waals surface area contributed by atoms with Gasteiger partial charge in [0.05, 0.1) is 46.8 Å². The minimum absolute atomic E-state index is 0.0388. The van der Waals surface area contributed by atoms with Crippen LogP contribution in [0, 0.1) is 11.8 Å². The molecule has 0 radical (unpaired) electrons. The maximum absolute atomic E-state index is 13.7. The van der Waals surface area contributed by atoms with Crippen molar-refractivity contribution in [3.63, 3.8) is 0 Å². The fourth-order valence-electron chi connectivity index (χ4n) is 8.59. The molecule has 2 saturated heterocycles. The van der Waals surface area contributed by atoms with Gasteiger partial charge in [-0.25, -0.2) is 14.8 Å². The van der Waals surface area contributed by atoms with Gasteiger partial charge in [0, 0.05) is 42.5 Å². The average Bonchev–Trinajstić information content (AvgIpc) is 4.03. The van der Waals surface area contributed by atoms with E-state index < -0.39 is 18.2 Å². The Hall–Kier alpha value is -6.05. The number of imidazole rings is 2. The number of pyridine rings is 1. The lowest BCUT2D eigenvalue weighted by Gasteiger charge is -2.30. The molecule has 4 N–H and O–H groups in total. The highest BCUT2D eigenvalue weighted by Crippen LogP contribution is 2.37. The number of hydrogen-bond donors (Lipinski definition) is 4. The maximum Gasteiger partial charge on any atom is 0.407 e. The second-order valence-electron chi connectivity index (χ2n) is 16.1. The van der Waals surface area contributed by atoms with E-state index in [-0.39, 0.29) is 41.6 Å². The van der Waals surface area contributed by atoms with Gasteiger partial charge in [0.2, 0.25) is 17.7 Å². The highest BCUT2D eigenvalue weighted by molar-refractivity contribution is 6.06. The first kappa shape index (κ1) is 37.9. The van der Waals surface area contributed by atoms with Gasteiger partial charge in [0.1, 0.15) is 23.7 Å². The minimum Gasteiger partial charge on any atom is -0.453 e. The molecule has 5 heterocycles. The lowest BCUT2D eigenvalue weighted by Crippen LogP contribution is -2.51. The monoisotopic (exact) mass is 771 g/mol. The molecule has 2 aliphatic rings. The zero-order chi connectivity index (χ0) is 40.1. The van der Waals surface area contributed by atoms with Gasteiger partial charge in [-0.05, 0) is 72.7 Å². The summed E-state index contributed by atoms with van der Waals surface area (Å²) in [7, 11) is 1.29. The van der Waals surface area contributed by atoms with Crippen LogP contribution in [0.1, 0.15) is 84.0 Å². The van der Waals surface area contributed by atoms with Crippen molar-refractivity contribution in [2.45, 2.75) is 84.5 Å². The van der Waals surface area contributed by atoms with Crippen molar-refractivity contribution in [1.82, 2.24) is 45.4 Å². The SMILES string of the molecule is COC(=O)N[C@H](C(=O)N1CCC[C@H]1c1nc2ccc3cc(-c4ccc5c(ccc6nc([C@@H]7CCCN7C(=O)[C@@H](NC(C)=O)C(C)C)[nH]c65)c4)cnc3c2[nH]1)C(C)C. The van der Waals surface area contributed by atoms with Crippen LogP contribution in [0.25, 0.3) is 54.9 Å². The van der Waals surface area contributed by atoms with Crippen molar-refractivity contribution < 1.29 is 23.9 Å². The van der Waals surface area contributed by atoms with Crippen molar-refractivity contribution in [3.05, 3.63) is 66.4 Å². The number of ether oxygens (including phenoxy) is 1. The smallest absolute Gasteiger partial charge is 0.407 e. The summed E-state index contributed by atoms with van der Waals surface area (Å²) in [6.45, 7) is 10.3. The van der Waals surface area contributed by atoms with E-state index in [9.17, 15) is 19.2 Å². The number of likely N-dealkylation sites (tertiary alicyclic amines) is 2. The summed E-state index contributed by atoms with van der Waals surface area (Å²) in [6.07, 6.45) is 4.51. The summed E-state index contributed by atoms with van der Waals surface area (Å²) in [6, 6.07) is 14.8. The highest BCUT2D eigenvalue weighted by Gasteiger charge is 2.39. The van der Waals surface area contributed by atoms with Crippen molar-refractivity contribution >= 4 is 67.6 Å². The number of fused-ring (bicyclic) bond motifs is 6. The fraction of sp³-hybridized carbons (Fsp3) is 0.419. The summed E-state index contributed by atoms with van der Waals surface area (Å²) in [5, 5.41) is 8.59. The van der Waals surface area contributed by atoms with Crippen LogP contribution in [0.3, 0.4) is 0 Å². The van der Waals surface area contributed by atoms with Gasteiger partial charge >= 0.3 is 6.09 Å². The van der Waals surface area contributed by atoms with E-state index >= 15 is 0 Å². The Balaban J connectivity index is 1.05. The van der Waals surface area contributed by atoms with Crippen LogP contribution in [0.5, 0.6) is 0 Å². The number of H-pyrrole nitrogens is 2. The van der Waals surface area contributed by atoms with Crippen LogP contribution in [-0.4, -0.2) is 90.8 Å². The zero-order valence-corrected chi connectivity index (χ0v) is 33.2. The Morgan fingerprint density at radius 1 is 0.737 bits per heavy atom. The predicted octanol–water partition coefficient (Wildman–Crippen LogP) is 6.68. The van der Waals surface area contributed by atoms with Gasteiger partial charge in [-0.3, -0.25) is 19.4 Å². The number of benzene rings is 3. The Morgan fingerprint density at radius 3 is 1.89 bits per heavy atom. The Kier molecular flexibility index (Phi) is 10.0. The zero-order valence-electron chi connectivity index (χ0n) is 33.2. The topological polar surface area (TPSA) is 178 Å². The predicted molar refractivity (Wildman–Crippen MR) is 218 cm³/mol. The highest BCUT2D eigenvalue weighted by atomic mass is 16.5. The average molecular weight is 772 g/mol. The van der Waals surface area contributed by atoms with Crippen molar-refractivity contribution in [3.8, 4) is 11.1 Å². The van der Waals surface area contributed by atoms with Gasteiger partial charge in [0.25, 0.3) is 0 Å². The number of methoxy groups -OCH3 is 1. The van der Waals surface area contributed by atoms with Gasteiger partial charge < -0.3 is 35.1 Å². The third-order valence-corrected chi connectivity index (χ3v) is 11.5. The summed E-state index contributed by atoms with van der Waals surface area (Å²) in [5.74, 6) is 0.859. The maximum atomic E-state index is 13.7. The van der Waals surface area contributed by atoms with Gasteiger partial charge in [-0.15, -0.1) is 0 Å². The quantitative estimate of drug-likeness (QED) is 0.126. The number of amides is 4. The first-order valence-corrected chi connectivity index (χ1v) is 19.9. The number of aromatic nitrogens is 5. The molecule has 3 aromatic carbocycles. The number of nitrogens with one attached hydrogen (secondary N) is 4. The molecular formula is C43H49N9O5. The van der Waals surface area contributed by atoms with Crippen LogP contribution >= 0.6 is 0 Å². The van der Waals surface area contributed by atoms with Crippen LogP contribution in [0.15, 0.2) is 54.7 Å². The molecule has 8 rings (SSSR count). The Bertz CT molecular complexity index is 2540. The normalized spacial score (nSPS) is 18.3. The molecule has 2 fully saturated rings. The number of aromatic amines is 2. The van der Waals surface area contributed by atoms with E-state index in [4.69, 9.17) is 19.7 Å². The molecule has 0 saturated carbocycles. The number of rotatable bonds is 9. The molecule has 2 aliphatic heterocycles. The molecule has 6 aromatic rings. The van der Waals surface area contributed by atoms with E-state index in [2.05, 4.69) is 50.9 Å². The molecule has 0 bridgehead atoms. The van der Waals surface area contributed by atoms with E-state index in [0.717, 1.165) is 86.4 Å². The molecule has 57 heavy (non-hydrogen) atoms. The first-order valence-electron chi connectivity index (χ1n) is 19.9.